The molecular formula is C34H28N6O. The van der Waals surface area contributed by atoms with Gasteiger partial charge in [-0.05, 0) is 42.5 Å². The highest BCUT2D eigenvalue weighted by Gasteiger charge is 2.45. The number of aromatic nitrogens is 2. The van der Waals surface area contributed by atoms with Gasteiger partial charge in [-0.3, -0.25) is 9.97 Å². The van der Waals surface area contributed by atoms with Gasteiger partial charge >= 0.3 is 0 Å². The number of nitrogens with zero attached hydrogens (tertiary/aromatic N) is 5. The van der Waals surface area contributed by atoms with Crippen molar-refractivity contribution in [1.82, 2.24) is 14.9 Å². The van der Waals surface area contributed by atoms with Crippen LogP contribution in [0.25, 0.3) is 5.70 Å². The first kappa shape index (κ1) is 23.7. The third-order valence-corrected chi connectivity index (χ3v) is 8.30. The van der Waals surface area contributed by atoms with E-state index < -0.39 is 0 Å². The molecule has 3 aliphatic heterocycles. The lowest BCUT2D eigenvalue weighted by molar-refractivity contribution is 0.257. The first-order valence-corrected chi connectivity index (χ1v) is 13.9. The molecule has 2 aromatic carbocycles. The van der Waals surface area contributed by atoms with Gasteiger partial charge in [-0.25, -0.2) is 4.99 Å². The fourth-order valence-electron chi connectivity index (χ4n) is 6.38. The second-order valence-corrected chi connectivity index (χ2v) is 10.6. The molecule has 1 aliphatic carbocycles. The van der Waals surface area contributed by atoms with Crippen molar-refractivity contribution >= 4 is 22.9 Å². The van der Waals surface area contributed by atoms with Crippen LogP contribution >= 0.6 is 0 Å². The van der Waals surface area contributed by atoms with Gasteiger partial charge in [0.25, 0.3) is 0 Å². The molecule has 4 aliphatic rings. The number of likely N-dealkylation sites (N-methyl/N-ethyl adjacent to an activating group) is 1. The van der Waals surface area contributed by atoms with E-state index in [1.165, 1.54) is 11.3 Å². The molecule has 7 nitrogen and oxygen atoms in total. The molecule has 0 bridgehead atoms. The van der Waals surface area contributed by atoms with Gasteiger partial charge in [-0.1, -0.05) is 54.6 Å². The first-order chi connectivity index (χ1) is 20.3. The Morgan fingerprint density at radius 3 is 2.32 bits per heavy atom. The Hall–Kier alpha value is -5.17. The number of ether oxygens (including phenoxy) is 1. The van der Waals surface area contributed by atoms with Crippen LogP contribution < -0.4 is 15.0 Å². The molecule has 4 atom stereocenters. The number of rotatable bonds is 4. The number of benzene rings is 2. The van der Waals surface area contributed by atoms with Crippen LogP contribution in [0.4, 0.5) is 11.4 Å². The van der Waals surface area contributed by atoms with E-state index in [-0.39, 0.29) is 24.4 Å². The van der Waals surface area contributed by atoms with E-state index in [0.717, 1.165) is 39.7 Å². The van der Waals surface area contributed by atoms with Crippen LogP contribution in [0.3, 0.4) is 0 Å². The smallest absolute Gasteiger partial charge is 0.196 e. The normalized spacial score (nSPS) is 23.6. The van der Waals surface area contributed by atoms with Gasteiger partial charge in [0.15, 0.2) is 12.0 Å². The van der Waals surface area contributed by atoms with E-state index in [4.69, 9.17) is 9.73 Å². The van der Waals surface area contributed by atoms with Crippen molar-refractivity contribution in [3.63, 3.8) is 0 Å². The first-order valence-electron chi connectivity index (χ1n) is 13.9. The number of nitrogens with one attached hydrogen (secondary N) is 1. The van der Waals surface area contributed by atoms with Crippen LogP contribution in [0.15, 0.2) is 127 Å². The number of fused-ring (bicyclic) bond motifs is 5. The van der Waals surface area contributed by atoms with E-state index in [0.29, 0.717) is 0 Å². The van der Waals surface area contributed by atoms with Crippen LogP contribution in [-0.2, 0) is 0 Å². The van der Waals surface area contributed by atoms with Crippen LogP contribution in [0.5, 0.6) is 5.75 Å². The second-order valence-electron chi connectivity index (χ2n) is 10.6. The monoisotopic (exact) mass is 536 g/mol. The summed E-state index contributed by atoms with van der Waals surface area (Å²) in [5.74, 6) is 2.00. The summed E-state index contributed by atoms with van der Waals surface area (Å²) < 4.78 is 6.67. The summed E-state index contributed by atoms with van der Waals surface area (Å²) in [6.07, 6.45) is 18.1. The van der Waals surface area contributed by atoms with Gasteiger partial charge in [0, 0.05) is 65.7 Å². The topological polar surface area (TPSA) is 65.9 Å². The van der Waals surface area contributed by atoms with Crippen LogP contribution in [0.2, 0.25) is 0 Å². The van der Waals surface area contributed by atoms with Crippen molar-refractivity contribution in [2.24, 2.45) is 4.99 Å². The molecule has 0 spiro atoms. The van der Waals surface area contributed by atoms with Gasteiger partial charge in [-0.15, -0.1) is 0 Å². The fraction of sp³-hybridized carbons (Fsp3) is 0.147. The highest BCUT2D eigenvalue weighted by atomic mass is 16.5. The average molecular weight is 537 g/mol. The van der Waals surface area contributed by atoms with Gasteiger partial charge in [0.2, 0.25) is 0 Å². The number of pyridine rings is 2. The third kappa shape index (κ3) is 3.84. The number of allylic oxidation sites excluding steroid dienone is 2. The van der Waals surface area contributed by atoms with E-state index in [1.54, 1.807) is 0 Å². The zero-order valence-corrected chi connectivity index (χ0v) is 22.5. The Bertz CT molecular complexity index is 1730. The number of aliphatic imine (C=N–C) groups is 1. The maximum atomic E-state index is 6.67. The molecule has 0 saturated carbocycles. The zero-order valence-electron chi connectivity index (χ0n) is 22.5. The van der Waals surface area contributed by atoms with E-state index >= 15 is 0 Å². The SMILES string of the molecule is CN1C(c2ccncc2)=NC(c2ccncc2)=CC1N1c2ccc3c(c2C2C=CC=CC21)OC(c1ccccc1)N3. The molecular weight excluding hydrogens is 508 g/mol. The summed E-state index contributed by atoms with van der Waals surface area (Å²) in [6, 6.07) is 22.9. The molecule has 0 radical (unpaired) electrons. The molecule has 41 heavy (non-hydrogen) atoms. The van der Waals surface area contributed by atoms with Crippen LogP contribution in [-0.4, -0.2) is 40.0 Å². The molecule has 5 heterocycles. The number of anilines is 2. The van der Waals surface area contributed by atoms with Crippen molar-refractivity contribution in [3.05, 3.63) is 144 Å². The molecule has 0 saturated heterocycles. The maximum absolute atomic E-state index is 6.67. The lowest BCUT2D eigenvalue weighted by Gasteiger charge is -2.42. The second kappa shape index (κ2) is 9.48. The van der Waals surface area contributed by atoms with Gasteiger partial charge in [0.1, 0.15) is 12.0 Å². The van der Waals surface area contributed by atoms with E-state index in [2.05, 4.69) is 86.8 Å². The molecule has 1 N–H and O–H groups in total. The molecule has 200 valence electrons. The zero-order chi connectivity index (χ0) is 27.3. The Morgan fingerprint density at radius 1 is 0.805 bits per heavy atom. The minimum atomic E-state index is -0.214. The van der Waals surface area contributed by atoms with E-state index in [9.17, 15) is 0 Å². The third-order valence-electron chi connectivity index (χ3n) is 8.30. The van der Waals surface area contributed by atoms with Crippen molar-refractivity contribution < 1.29 is 4.74 Å². The summed E-state index contributed by atoms with van der Waals surface area (Å²) in [5, 5.41) is 3.60. The predicted octanol–water partition coefficient (Wildman–Crippen LogP) is 6.14. The summed E-state index contributed by atoms with van der Waals surface area (Å²) in [6.45, 7) is 0. The van der Waals surface area contributed by atoms with Gasteiger partial charge < -0.3 is 19.9 Å². The summed E-state index contributed by atoms with van der Waals surface area (Å²) in [5.41, 5.74) is 7.51. The number of hydrogen-bond donors (Lipinski definition) is 1. The van der Waals surface area contributed by atoms with Crippen molar-refractivity contribution in [2.45, 2.75) is 24.4 Å². The summed E-state index contributed by atoms with van der Waals surface area (Å²) in [7, 11) is 2.12. The Kier molecular flexibility index (Phi) is 5.48. The van der Waals surface area contributed by atoms with Gasteiger partial charge in [0.05, 0.1) is 17.4 Å². The molecule has 0 amide bonds. The predicted molar refractivity (Wildman–Crippen MR) is 162 cm³/mol. The highest BCUT2D eigenvalue weighted by molar-refractivity contribution is 6.03. The molecule has 4 unspecified atom stereocenters. The Morgan fingerprint density at radius 2 is 1.54 bits per heavy atom. The molecule has 0 fully saturated rings. The van der Waals surface area contributed by atoms with Crippen LogP contribution in [0, 0.1) is 0 Å². The molecule has 2 aromatic heterocycles. The summed E-state index contributed by atoms with van der Waals surface area (Å²) >= 11 is 0. The van der Waals surface area contributed by atoms with Crippen LogP contribution in [0.1, 0.15) is 34.4 Å². The quantitative estimate of drug-likeness (QED) is 0.338. The highest BCUT2D eigenvalue weighted by Crippen LogP contribution is 2.55. The average Bonchev–Trinajstić information content (AvgIpc) is 3.62. The van der Waals surface area contributed by atoms with Crippen molar-refractivity contribution in [1.29, 1.82) is 0 Å². The minimum Gasteiger partial charge on any atom is -0.464 e. The van der Waals surface area contributed by atoms with E-state index in [1.807, 2.05) is 67.3 Å². The summed E-state index contributed by atoms with van der Waals surface area (Å²) in [4.78, 5) is 18.4. The standard InChI is InChI=1S/C34H28N6O/c1-39-30(21-27(22-13-17-35-18-14-22)37-33(39)23-15-19-36-20-16-23)40-28-10-6-5-9-25(28)31-29(40)12-11-26-32(31)41-34(38-26)24-7-3-2-4-8-24/h2-21,25,28,30,34,38H,1H3. The molecule has 7 heteroatoms. The lowest BCUT2D eigenvalue weighted by atomic mass is 9.90. The fourth-order valence-corrected chi connectivity index (χ4v) is 6.38. The number of amidine groups is 1. The Labute approximate surface area is 238 Å². The minimum absolute atomic E-state index is 0.0962. The maximum Gasteiger partial charge on any atom is 0.196 e. The largest absolute Gasteiger partial charge is 0.464 e. The molecule has 4 aromatic rings. The Balaban J connectivity index is 1.25. The van der Waals surface area contributed by atoms with Gasteiger partial charge in [-0.2, -0.15) is 0 Å². The lowest BCUT2D eigenvalue weighted by Crippen LogP contribution is -2.52. The number of hydrogen-bond acceptors (Lipinski definition) is 7. The molecule has 8 rings (SSSR count). The van der Waals surface area contributed by atoms with Crippen molar-refractivity contribution in [2.75, 3.05) is 17.3 Å². The van der Waals surface area contributed by atoms with Crippen molar-refractivity contribution in [3.8, 4) is 5.75 Å².